The molecule has 0 aromatic carbocycles. The quantitative estimate of drug-likeness (QED) is 0.786. The maximum Gasteiger partial charge on any atom is 0.175 e. The largest absolute Gasteiger partial charge is 0.461 e. The molecule has 0 saturated heterocycles. The number of furan rings is 1. The lowest BCUT2D eigenvalue weighted by atomic mass is 10.3. The van der Waals surface area contributed by atoms with Crippen molar-refractivity contribution in [3.8, 4) is 11.6 Å². The second-order valence-corrected chi connectivity index (χ2v) is 4.19. The first kappa shape index (κ1) is 8.85. The summed E-state index contributed by atoms with van der Waals surface area (Å²) in [6.07, 6.45) is 4.12. The topological polar surface area (TPSA) is 41.8 Å². The molecule has 2 aromatic rings. The Hall–Kier alpha value is -1.42. The number of aromatic amines is 1. The molecule has 15 heavy (non-hydrogen) atoms. The predicted octanol–water partition coefficient (Wildman–Crippen LogP) is 3.28. The SMILES string of the molecule is S=c1cc(C2CC2)[nH]c(-c2ccco2)n1. The molecule has 0 atom stereocenters. The standard InChI is InChI=1S/C11H10N2OS/c15-10-6-8(7-3-4-7)12-11(13-10)9-2-1-5-14-9/h1-2,5-7H,3-4H2,(H,12,13,15). The first-order valence-corrected chi connectivity index (χ1v) is 5.39. The van der Waals surface area contributed by atoms with E-state index in [4.69, 9.17) is 16.6 Å². The van der Waals surface area contributed by atoms with E-state index in [0.717, 1.165) is 11.6 Å². The minimum Gasteiger partial charge on any atom is -0.461 e. The summed E-state index contributed by atoms with van der Waals surface area (Å²) in [7, 11) is 0. The fourth-order valence-corrected chi connectivity index (χ4v) is 1.84. The molecule has 76 valence electrons. The summed E-state index contributed by atoms with van der Waals surface area (Å²) >= 11 is 5.14. The number of nitrogens with zero attached hydrogens (tertiary/aromatic N) is 1. The highest BCUT2D eigenvalue weighted by atomic mass is 32.1. The minimum absolute atomic E-state index is 0.627. The Morgan fingerprint density at radius 2 is 2.33 bits per heavy atom. The van der Waals surface area contributed by atoms with Gasteiger partial charge in [0.05, 0.1) is 6.26 Å². The van der Waals surface area contributed by atoms with E-state index in [0.29, 0.717) is 10.6 Å². The number of H-pyrrole nitrogens is 1. The van der Waals surface area contributed by atoms with Crippen molar-refractivity contribution in [2.24, 2.45) is 0 Å². The van der Waals surface area contributed by atoms with Gasteiger partial charge in [-0.2, -0.15) is 0 Å². The van der Waals surface area contributed by atoms with Crippen LogP contribution in [0.25, 0.3) is 11.6 Å². The number of aromatic nitrogens is 2. The van der Waals surface area contributed by atoms with Crippen LogP contribution in [0.2, 0.25) is 0 Å². The van der Waals surface area contributed by atoms with E-state index in [1.165, 1.54) is 18.5 Å². The van der Waals surface area contributed by atoms with Gasteiger partial charge in [-0.05, 0) is 37.0 Å². The molecule has 2 heterocycles. The number of nitrogens with one attached hydrogen (secondary N) is 1. The van der Waals surface area contributed by atoms with Crippen molar-refractivity contribution in [3.63, 3.8) is 0 Å². The van der Waals surface area contributed by atoms with Crippen LogP contribution in [0.3, 0.4) is 0 Å². The van der Waals surface area contributed by atoms with E-state index < -0.39 is 0 Å². The lowest BCUT2D eigenvalue weighted by Gasteiger charge is -2.01. The molecule has 1 aliphatic rings. The minimum atomic E-state index is 0.627. The van der Waals surface area contributed by atoms with Crippen LogP contribution in [0.1, 0.15) is 24.5 Å². The van der Waals surface area contributed by atoms with E-state index in [1.54, 1.807) is 6.26 Å². The van der Waals surface area contributed by atoms with Crippen molar-refractivity contribution >= 4 is 12.2 Å². The lowest BCUT2D eigenvalue weighted by molar-refractivity contribution is 0.576. The molecule has 3 nitrogen and oxygen atoms in total. The molecule has 1 saturated carbocycles. The number of rotatable bonds is 2. The molecule has 0 amide bonds. The summed E-state index contributed by atoms with van der Waals surface area (Å²) in [6, 6.07) is 5.67. The maximum atomic E-state index is 5.29. The summed E-state index contributed by atoms with van der Waals surface area (Å²) in [5.41, 5.74) is 1.18. The van der Waals surface area contributed by atoms with Gasteiger partial charge in [-0.1, -0.05) is 12.2 Å². The van der Waals surface area contributed by atoms with Gasteiger partial charge in [0.15, 0.2) is 11.6 Å². The maximum absolute atomic E-state index is 5.29. The third-order valence-electron chi connectivity index (χ3n) is 2.54. The van der Waals surface area contributed by atoms with E-state index >= 15 is 0 Å². The molecule has 1 fully saturated rings. The van der Waals surface area contributed by atoms with E-state index in [-0.39, 0.29) is 0 Å². The molecule has 2 aromatic heterocycles. The van der Waals surface area contributed by atoms with Crippen LogP contribution in [-0.2, 0) is 0 Å². The first-order chi connectivity index (χ1) is 7.33. The smallest absolute Gasteiger partial charge is 0.175 e. The van der Waals surface area contributed by atoms with Crippen LogP contribution in [0, 0.1) is 4.64 Å². The monoisotopic (exact) mass is 218 g/mol. The van der Waals surface area contributed by atoms with Crippen molar-refractivity contribution in [1.82, 2.24) is 9.97 Å². The van der Waals surface area contributed by atoms with Crippen molar-refractivity contribution < 1.29 is 4.42 Å². The second kappa shape index (κ2) is 3.31. The van der Waals surface area contributed by atoms with Gasteiger partial charge < -0.3 is 9.40 Å². The fourth-order valence-electron chi connectivity index (χ4n) is 1.62. The highest BCUT2D eigenvalue weighted by Crippen LogP contribution is 2.39. The van der Waals surface area contributed by atoms with Gasteiger partial charge >= 0.3 is 0 Å². The van der Waals surface area contributed by atoms with Crippen LogP contribution in [-0.4, -0.2) is 9.97 Å². The Morgan fingerprint density at radius 3 is 3.00 bits per heavy atom. The highest BCUT2D eigenvalue weighted by Gasteiger charge is 2.25. The molecule has 3 rings (SSSR count). The normalized spacial score (nSPS) is 15.5. The molecule has 0 aliphatic heterocycles. The Kier molecular flexibility index (Phi) is 1.95. The molecular weight excluding hydrogens is 208 g/mol. The van der Waals surface area contributed by atoms with Crippen molar-refractivity contribution in [1.29, 1.82) is 0 Å². The molecule has 4 heteroatoms. The van der Waals surface area contributed by atoms with Gasteiger partial charge in [0.2, 0.25) is 0 Å². The lowest BCUT2D eigenvalue weighted by Crippen LogP contribution is -1.93. The highest BCUT2D eigenvalue weighted by molar-refractivity contribution is 7.71. The van der Waals surface area contributed by atoms with E-state index in [1.807, 2.05) is 18.2 Å². The average Bonchev–Trinajstić information content (AvgIpc) is 2.93. The van der Waals surface area contributed by atoms with Crippen molar-refractivity contribution in [2.75, 3.05) is 0 Å². The second-order valence-electron chi connectivity index (χ2n) is 3.77. The van der Waals surface area contributed by atoms with Crippen LogP contribution < -0.4 is 0 Å². The van der Waals surface area contributed by atoms with Crippen LogP contribution >= 0.6 is 12.2 Å². The third kappa shape index (κ3) is 1.72. The number of hydrogen-bond donors (Lipinski definition) is 1. The summed E-state index contributed by atoms with van der Waals surface area (Å²) in [5.74, 6) is 2.11. The van der Waals surface area contributed by atoms with Gasteiger partial charge in [0, 0.05) is 5.69 Å². The summed E-state index contributed by atoms with van der Waals surface area (Å²) < 4.78 is 5.92. The Balaban J connectivity index is 2.11. The molecule has 1 aliphatic carbocycles. The summed E-state index contributed by atoms with van der Waals surface area (Å²) in [4.78, 5) is 7.53. The van der Waals surface area contributed by atoms with Gasteiger partial charge in [-0.15, -0.1) is 0 Å². The molecule has 0 bridgehead atoms. The third-order valence-corrected chi connectivity index (χ3v) is 2.74. The Labute approximate surface area is 92.2 Å². The zero-order chi connectivity index (χ0) is 10.3. The van der Waals surface area contributed by atoms with Crippen LogP contribution in [0.15, 0.2) is 28.9 Å². The molecule has 0 radical (unpaired) electrons. The molecule has 0 spiro atoms. The van der Waals surface area contributed by atoms with Crippen molar-refractivity contribution in [2.45, 2.75) is 18.8 Å². The Morgan fingerprint density at radius 1 is 1.47 bits per heavy atom. The van der Waals surface area contributed by atoms with E-state index in [2.05, 4.69) is 9.97 Å². The van der Waals surface area contributed by atoms with Gasteiger partial charge in [0.1, 0.15) is 4.64 Å². The number of hydrogen-bond acceptors (Lipinski definition) is 3. The zero-order valence-corrected chi connectivity index (χ0v) is 8.88. The summed E-state index contributed by atoms with van der Waals surface area (Å²) in [5, 5.41) is 0. The predicted molar refractivity (Wildman–Crippen MR) is 59.1 cm³/mol. The molecule has 1 N–H and O–H groups in total. The van der Waals surface area contributed by atoms with Crippen molar-refractivity contribution in [3.05, 3.63) is 34.8 Å². The average molecular weight is 218 g/mol. The van der Waals surface area contributed by atoms with E-state index in [9.17, 15) is 0 Å². The Bertz CT molecular complexity index is 526. The fraction of sp³-hybridized carbons (Fsp3) is 0.273. The molecular formula is C11H10N2OS. The van der Waals surface area contributed by atoms with Crippen LogP contribution in [0.5, 0.6) is 0 Å². The van der Waals surface area contributed by atoms with Gasteiger partial charge in [0.25, 0.3) is 0 Å². The zero-order valence-electron chi connectivity index (χ0n) is 8.06. The first-order valence-electron chi connectivity index (χ1n) is 4.98. The van der Waals surface area contributed by atoms with Gasteiger partial charge in [-0.3, -0.25) is 0 Å². The van der Waals surface area contributed by atoms with Gasteiger partial charge in [-0.25, -0.2) is 4.98 Å². The van der Waals surface area contributed by atoms with Crippen LogP contribution in [0.4, 0.5) is 0 Å². The summed E-state index contributed by atoms with van der Waals surface area (Å²) in [6.45, 7) is 0. The molecule has 0 unspecified atom stereocenters.